The van der Waals surface area contributed by atoms with Crippen molar-refractivity contribution in [2.75, 3.05) is 20.3 Å². The van der Waals surface area contributed by atoms with Crippen LogP contribution in [-0.2, 0) is 11.3 Å². The van der Waals surface area contributed by atoms with E-state index >= 15 is 0 Å². The highest BCUT2D eigenvalue weighted by atomic mass is 32.1. The van der Waals surface area contributed by atoms with Crippen LogP contribution in [0.1, 0.15) is 6.42 Å². The number of rotatable bonds is 9. The first-order chi connectivity index (χ1) is 13.2. The van der Waals surface area contributed by atoms with Crippen LogP contribution in [0, 0.1) is 0 Å². The van der Waals surface area contributed by atoms with Gasteiger partial charge >= 0.3 is 5.76 Å². The van der Waals surface area contributed by atoms with Crippen molar-refractivity contribution in [3.63, 3.8) is 0 Å². The van der Waals surface area contributed by atoms with Gasteiger partial charge in [-0.1, -0.05) is 6.07 Å². The molecule has 1 aromatic carbocycles. The minimum Gasteiger partial charge on any atom is -0.497 e. The zero-order chi connectivity index (χ0) is 19.1. The summed E-state index contributed by atoms with van der Waals surface area (Å²) in [7, 11) is 1.60. The van der Waals surface area contributed by atoms with Gasteiger partial charge in [-0.2, -0.15) is 4.68 Å². The van der Waals surface area contributed by atoms with Crippen molar-refractivity contribution < 1.29 is 18.7 Å². The molecule has 0 atom stereocenters. The number of carbonyl (C=O) groups is 1. The van der Waals surface area contributed by atoms with E-state index in [-0.39, 0.29) is 24.8 Å². The van der Waals surface area contributed by atoms with Crippen molar-refractivity contribution in [2.24, 2.45) is 0 Å². The summed E-state index contributed by atoms with van der Waals surface area (Å²) in [6.07, 6.45) is 0.124. The third-order valence-corrected chi connectivity index (χ3v) is 4.50. The summed E-state index contributed by atoms with van der Waals surface area (Å²) < 4.78 is 16.9. The highest BCUT2D eigenvalue weighted by Crippen LogP contribution is 2.21. The number of thiophene rings is 1. The molecule has 0 fully saturated rings. The average molecular weight is 389 g/mol. The molecule has 8 nitrogen and oxygen atoms in total. The van der Waals surface area contributed by atoms with Crippen LogP contribution in [0.4, 0.5) is 0 Å². The molecule has 0 bridgehead atoms. The Kier molecular flexibility index (Phi) is 6.26. The fourth-order valence-electron chi connectivity index (χ4n) is 2.27. The molecular weight excluding hydrogens is 370 g/mol. The first-order valence-electron chi connectivity index (χ1n) is 8.31. The number of aryl methyl sites for hydroxylation is 1. The van der Waals surface area contributed by atoms with Crippen LogP contribution in [0.2, 0.25) is 0 Å². The number of hydrogen-bond donors (Lipinski definition) is 1. The Balaban J connectivity index is 1.39. The number of nitrogens with one attached hydrogen (secondary N) is 1. The van der Waals surface area contributed by atoms with Crippen LogP contribution >= 0.6 is 11.3 Å². The Morgan fingerprint density at radius 2 is 2.04 bits per heavy atom. The van der Waals surface area contributed by atoms with Crippen LogP contribution in [0.3, 0.4) is 0 Å². The van der Waals surface area contributed by atoms with E-state index in [2.05, 4.69) is 10.4 Å². The third-order valence-electron chi connectivity index (χ3n) is 3.64. The molecule has 9 heteroatoms. The van der Waals surface area contributed by atoms with Gasteiger partial charge in [0.1, 0.15) is 18.1 Å². The summed E-state index contributed by atoms with van der Waals surface area (Å²) in [6.45, 7) is 0.850. The fourth-order valence-corrected chi connectivity index (χ4v) is 2.92. The van der Waals surface area contributed by atoms with Crippen LogP contribution < -0.4 is 20.5 Å². The number of aromatic nitrogens is 2. The number of methoxy groups -OCH3 is 1. The second-order valence-corrected chi connectivity index (χ2v) is 6.45. The van der Waals surface area contributed by atoms with Crippen LogP contribution in [-0.4, -0.2) is 35.9 Å². The molecule has 3 rings (SSSR count). The average Bonchev–Trinajstić information content (AvgIpc) is 3.34. The minimum atomic E-state index is -0.575. The Bertz CT molecular complexity index is 915. The highest BCUT2D eigenvalue weighted by Gasteiger charge is 2.12. The molecule has 0 radical (unpaired) electrons. The van der Waals surface area contributed by atoms with Crippen molar-refractivity contribution in [1.82, 2.24) is 15.1 Å². The number of ether oxygens (including phenoxy) is 2. The lowest BCUT2D eigenvalue weighted by molar-refractivity contribution is -0.121. The molecule has 1 amide bonds. The lowest BCUT2D eigenvalue weighted by Crippen LogP contribution is -2.30. The van der Waals surface area contributed by atoms with Crippen LogP contribution in [0.15, 0.2) is 51.0 Å². The van der Waals surface area contributed by atoms with Gasteiger partial charge in [0.2, 0.25) is 5.91 Å². The van der Waals surface area contributed by atoms with Crippen LogP contribution in [0.5, 0.6) is 11.5 Å². The van der Waals surface area contributed by atoms with E-state index in [1.807, 2.05) is 17.5 Å². The maximum Gasteiger partial charge on any atom is 0.437 e. The second-order valence-electron chi connectivity index (χ2n) is 5.50. The molecule has 0 aliphatic rings. The zero-order valence-electron chi connectivity index (χ0n) is 14.7. The molecule has 0 aliphatic carbocycles. The van der Waals surface area contributed by atoms with Crippen LogP contribution in [0.25, 0.3) is 10.8 Å². The number of nitrogens with zero attached hydrogens (tertiary/aromatic N) is 2. The monoisotopic (exact) mass is 389 g/mol. The Morgan fingerprint density at radius 3 is 2.74 bits per heavy atom. The molecule has 2 heterocycles. The summed E-state index contributed by atoms with van der Waals surface area (Å²) in [5, 5.41) is 8.72. The van der Waals surface area contributed by atoms with E-state index in [0.29, 0.717) is 18.9 Å². The van der Waals surface area contributed by atoms with Gasteiger partial charge in [0.15, 0.2) is 0 Å². The van der Waals surface area contributed by atoms with Gasteiger partial charge in [0.05, 0.1) is 25.1 Å². The summed E-state index contributed by atoms with van der Waals surface area (Å²) in [4.78, 5) is 24.5. The predicted octanol–water partition coefficient (Wildman–Crippen LogP) is 2.16. The van der Waals surface area contributed by atoms with Gasteiger partial charge in [-0.25, -0.2) is 4.79 Å². The fraction of sp³-hybridized carbons (Fsp3) is 0.278. The number of carbonyl (C=O) groups excluding carboxylic acids is 1. The largest absolute Gasteiger partial charge is 0.497 e. The second kappa shape index (κ2) is 9.04. The molecule has 0 saturated carbocycles. The molecule has 0 aliphatic heterocycles. The molecule has 27 heavy (non-hydrogen) atoms. The van der Waals surface area contributed by atoms with E-state index < -0.39 is 5.76 Å². The molecule has 3 aromatic rings. The van der Waals surface area contributed by atoms with Gasteiger partial charge in [-0.15, -0.1) is 16.4 Å². The Morgan fingerprint density at radius 1 is 1.26 bits per heavy atom. The Labute approximate surface area is 159 Å². The minimum absolute atomic E-state index is 0.124. The summed E-state index contributed by atoms with van der Waals surface area (Å²) in [5.74, 6) is 0.944. The van der Waals surface area contributed by atoms with E-state index in [9.17, 15) is 9.59 Å². The first kappa shape index (κ1) is 18.7. The topological polar surface area (TPSA) is 95.6 Å². The molecule has 142 valence electrons. The maximum atomic E-state index is 11.9. The number of benzene rings is 1. The van der Waals surface area contributed by atoms with Gasteiger partial charge in [0, 0.05) is 6.42 Å². The molecule has 0 saturated heterocycles. The van der Waals surface area contributed by atoms with Crippen molar-refractivity contribution in [1.29, 1.82) is 0 Å². The molecule has 2 aromatic heterocycles. The van der Waals surface area contributed by atoms with E-state index in [1.54, 1.807) is 31.4 Å². The normalized spacial score (nSPS) is 10.6. The predicted molar refractivity (Wildman–Crippen MR) is 100 cm³/mol. The molecular formula is C18H19N3O5S. The first-order valence-corrected chi connectivity index (χ1v) is 9.19. The van der Waals surface area contributed by atoms with E-state index in [1.165, 1.54) is 11.3 Å². The lowest BCUT2D eigenvalue weighted by atomic mass is 10.3. The quantitative estimate of drug-likeness (QED) is 0.564. The standard InChI is InChI=1S/C18H19N3O5S/c1-24-13-4-6-14(7-5-13)25-11-9-19-16(22)8-10-21-18(23)26-17(20-21)15-3-2-12-27-15/h2-7,12H,8-11H2,1H3,(H,19,22). The third kappa shape index (κ3) is 5.20. The van der Waals surface area contributed by atoms with Crippen molar-refractivity contribution >= 4 is 17.2 Å². The van der Waals surface area contributed by atoms with Gasteiger partial charge in [0.25, 0.3) is 5.89 Å². The maximum absolute atomic E-state index is 11.9. The summed E-state index contributed by atoms with van der Waals surface area (Å²) >= 11 is 1.43. The van der Waals surface area contributed by atoms with E-state index in [4.69, 9.17) is 13.9 Å². The van der Waals surface area contributed by atoms with Crippen molar-refractivity contribution in [2.45, 2.75) is 13.0 Å². The van der Waals surface area contributed by atoms with Crippen molar-refractivity contribution in [3.8, 4) is 22.3 Å². The molecule has 1 N–H and O–H groups in total. The smallest absolute Gasteiger partial charge is 0.437 e. The summed E-state index contributed by atoms with van der Waals surface area (Å²) in [5.41, 5.74) is 0. The van der Waals surface area contributed by atoms with Gasteiger partial charge in [-0.3, -0.25) is 4.79 Å². The number of amides is 1. The van der Waals surface area contributed by atoms with Gasteiger partial charge in [-0.05, 0) is 35.7 Å². The Hall–Kier alpha value is -3.07. The zero-order valence-corrected chi connectivity index (χ0v) is 15.5. The van der Waals surface area contributed by atoms with Gasteiger partial charge < -0.3 is 19.2 Å². The van der Waals surface area contributed by atoms with E-state index in [0.717, 1.165) is 15.3 Å². The molecule has 0 spiro atoms. The number of hydrogen-bond acceptors (Lipinski definition) is 7. The lowest BCUT2D eigenvalue weighted by Gasteiger charge is -2.08. The van der Waals surface area contributed by atoms with Crippen molar-refractivity contribution in [3.05, 3.63) is 52.3 Å². The molecule has 0 unspecified atom stereocenters. The summed E-state index contributed by atoms with van der Waals surface area (Å²) in [6, 6.07) is 10.9. The highest BCUT2D eigenvalue weighted by molar-refractivity contribution is 7.13. The SMILES string of the molecule is COc1ccc(OCCNC(=O)CCn2nc(-c3cccs3)oc2=O)cc1.